The van der Waals surface area contributed by atoms with E-state index >= 15 is 0 Å². The Kier molecular flexibility index (Phi) is 3.24. The highest BCUT2D eigenvalue weighted by Gasteiger charge is 2.14. The summed E-state index contributed by atoms with van der Waals surface area (Å²) in [5, 5.41) is 0. The summed E-state index contributed by atoms with van der Waals surface area (Å²) in [6, 6.07) is 10.5. The lowest BCUT2D eigenvalue weighted by Gasteiger charge is -2.04. The molecule has 4 heteroatoms. The molecule has 1 heterocycles. The summed E-state index contributed by atoms with van der Waals surface area (Å²) in [4.78, 5) is 4.13. The molecule has 0 amide bonds. The summed E-state index contributed by atoms with van der Waals surface area (Å²) in [6.45, 7) is 1.97. The lowest BCUT2D eigenvalue weighted by atomic mass is 10.2. The summed E-state index contributed by atoms with van der Waals surface area (Å²) < 4.78 is 24.1. The number of aryl methyl sites for hydroxylation is 1. The van der Waals surface area contributed by atoms with Crippen LogP contribution in [0.3, 0.4) is 0 Å². The zero-order chi connectivity index (χ0) is 12.3. The fourth-order valence-corrected chi connectivity index (χ4v) is 2.87. The van der Waals surface area contributed by atoms with Crippen LogP contribution in [0.5, 0.6) is 0 Å². The Bertz CT molecular complexity index is 589. The van der Waals surface area contributed by atoms with Crippen LogP contribution >= 0.6 is 0 Å². The molecule has 17 heavy (non-hydrogen) atoms. The van der Waals surface area contributed by atoms with E-state index in [0.717, 1.165) is 11.1 Å². The molecule has 0 aliphatic rings. The SMILES string of the molecule is Cc1ccc(CS(=O)(=O)c2ccncc2)cc1. The first-order chi connectivity index (χ1) is 8.08. The summed E-state index contributed by atoms with van der Waals surface area (Å²) in [6.07, 6.45) is 2.98. The first-order valence-electron chi connectivity index (χ1n) is 5.26. The lowest BCUT2D eigenvalue weighted by Crippen LogP contribution is -2.04. The number of aromatic nitrogens is 1. The molecule has 0 aliphatic carbocycles. The quantitative estimate of drug-likeness (QED) is 0.836. The van der Waals surface area contributed by atoms with Gasteiger partial charge in [0.1, 0.15) is 0 Å². The average Bonchev–Trinajstić information content (AvgIpc) is 2.33. The van der Waals surface area contributed by atoms with Gasteiger partial charge >= 0.3 is 0 Å². The van der Waals surface area contributed by atoms with Crippen molar-refractivity contribution in [2.45, 2.75) is 17.6 Å². The third-order valence-electron chi connectivity index (χ3n) is 2.49. The van der Waals surface area contributed by atoms with Gasteiger partial charge in [-0.3, -0.25) is 4.98 Å². The molecule has 0 unspecified atom stereocenters. The van der Waals surface area contributed by atoms with Crippen molar-refractivity contribution in [2.75, 3.05) is 0 Å². The molecule has 0 N–H and O–H groups in total. The molecule has 2 rings (SSSR count). The van der Waals surface area contributed by atoms with Gasteiger partial charge in [0.25, 0.3) is 0 Å². The Morgan fingerprint density at radius 2 is 1.59 bits per heavy atom. The van der Waals surface area contributed by atoms with Crippen molar-refractivity contribution in [1.29, 1.82) is 0 Å². The molecule has 88 valence electrons. The fourth-order valence-electron chi connectivity index (χ4n) is 1.53. The smallest absolute Gasteiger partial charge is 0.182 e. The number of rotatable bonds is 3. The van der Waals surface area contributed by atoms with Crippen molar-refractivity contribution in [3.8, 4) is 0 Å². The Balaban J connectivity index is 2.27. The zero-order valence-corrected chi connectivity index (χ0v) is 10.3. The van der Waals surface area contributed by atoms with E-state index in [1.54, 1.807) is 0 Å². The van der Waals surface area contributed by atoms with Crippen LogP contribution in [0.2, 0.25) is 0 Å². The summed E-state index contributed by atoms with van der Waals surface area (Å²) in [5.41, 5.74) is 1.92. The third kappa shape index (κ3) is 2.91. The molecular weight excluding hydrogens is 234 g/mol. The van der Waals surface area contributed by atoms with Gasteiger partial charge in [-0.15, -0.1) is 0 Å². The van der Waals surface area contributed by atoms with E-state index in [-0.39, 0.29) is 5.75 Å². The molecule has 0 bridgehead atoms. The molecule has 0 fully saturated rings. The molecule has 0 aliphatic heterocycles. The minimum absolute atomic E-state index is 0.0251. The molecule has 1 aromatic carbocycles. The Labute approximate surface area is 101 Å². The van der Waals surface area contributed by atoms with Crippen LogP contribution < -0.4 is 0 Å². The van der Waals surface area contributed by atoms with Gasteiger partial charge in [0, 0.05) is 12.4 Å². The van der Waals surface area contributed by atoms with Crippen molar-refractivity contribution in [3.63, 3.8) is 0 Å². The van der Waals surface area contributed by atoms with E-state index in [2.05, 4.69) is 4.98 Å². The molecule has 0 radical (unpaired) electrons. The number of nitrogens with zero attached hydrogens (tertiary/aromatic N) is 1. The summed E-state index contributed by atoms with van der Waals surface area (Å²) in [7, 11) is -3.27. The minimum atomic E-state index is -3.27. The highest BCUT2D eigenvalue weighted by Crippen LogP contribution is 2.15. The largest absolute Gasteiger partial charge is 0.265 e. The van der Waals surface area contributed by atoms with Gasteiger partial charge in [-0.05, 0) is 24.6 Å². The van der Waals surface area contributed by atoms with Gasteiger partial charge in [0.05, 0.1) is 10.6 Å². The van der Waals surface area contributed by atoms with Crippen LogP contribution in [0, 0.1) is 6.92 Å². The lowest BCUT2D eigenvalue weighted by molar-refractivity contribution is 0.595. The average molecular weight is 247 g/mol. The third-order valence-corrected chi connectivity index (χ3v) is 4.19. The molecule has 0 spiro atoms. The zero-order valence-electron chi connectivity index (χ0n) is 9.50. The van der Waals surface area contributed by atoms with Crippen molar-refractivity contribution >= 4 is 9.84 Å². The fraction of sp³-hybridized carbons (Fsp3) is 0.154. The second-order valence-corrected chi connectivity index (χ2v) is 5.92. The van der Waals surface area contributed by atoms with E-state index in [9.17, 15) is 8.42 Å². The van der Waals surface area contributed by atoms with Gasteiger partial charge in [-0.2, -0.15) is 0 Å². The molecule has 0 saturated heterocycles. The number of hydrogen-bond donors (Lipinski definition) is 0. The standard InChI is InChI=1S/C13H13NO2S/c1-11-2-4-12(5-3-11)10-17(15,16)13-6-8-14-9-7-13/h2-9H,10H2,1H3. The van der Waals surface area contributed by atoms with E-state index in [1.807, 2.05) is 31.2 Å². The van der Waals surface area contributed by atoms with Crippen molar-refractivity contribution in [1.82, 2.24) is 4.98 Å². The Morgan fingerprint density at radius 1 is 1.00 bits per heavy atom. The van der Waals surface area contributed by atoms with Crippen molar-refractivity contribution in [3.05, 3.63) is 59.9 Å². The maximum atomic E-state index is 12.1. The maximum Gasteiger partial charge on any atom is 0.182 e. The number of sulfone groups is 1. The number of hydrogen-bond acceptors (Lipinski definition) is 3. The number of benzene rings is 1. The van der Waals surface area contributed by atoms with E-state index in [0.29, 0.717) is 4.90 Å². The van der Waals surface area contributed by atoms with Crippen LogP contribution in [0.1, 0.15) is 11.1 Å². The number of pyridine rings is 1. The van der Waals surface area contributed by atoms with Gasteiger partial charge < -0.3 is 0 Å². The van der Waals surface area contributed by atoms with E-state index in [4.69, 9.17) is 0 Å². The van der Waals surface area contributed by atoms with Gasteiger partial charge in [0.2, 0.25) is 0 Å². The predicted molar refractivity (Wildman–Crippen MR) is 66.3 cm³/mol. The van der Waals surface area contributed by atoms with Crippen LogP contribution in [-0.2, 0) is 15.6 Å². The van der Waals surface area contributed by atoms with Gasteiger partial charge in [-0.1, -0.05) is 29.8 Å². The second kappa shape index (κ2) is 4.67. The minimum Gasteiger partial charge on any atom is -0.265 e. The van der Waals surface area contributed by atoms with E-state index in [1.165, 1.54) is 24.5 Å². The van der Waals surface area contributed by atoms with Crippen LogP contribution in [0.25, 0.3) is 0 Å². The van der Waals surface area contributed by atoms with Crippen LogP contribution in [0.4, 0.5) is 0 Å². The molecule has 3 nitrogen and oxygen atoms in total. The highest BCUT2D eigenvalue weighted by atomic mass is 32.2. The van der Waals surface area contributed by atoms with Gasteiger partial charge in [0.15, 0.2) is 9.84 Å². The van der Waals surface area contributed by atoms with Crippen LogP contribution in [0.15, 0.2) is 53.7 Å². The summed E-state index contributed by atoms with van der Waals surface area (Å²) >= 11 is 0. The molecule has 2 aromatic rings. The topological polar surface area (TPSA) is 47.0 Å². The predicted octanol–water partition coefficient (Wildman–Crippen LogP) is 2.36. The normalized spacial score (nSPS) is 11.4. The first-order valence-corrected chi connectivity index (χ1v) is 6.91. The maximum absolute atomic E-state index is 12.1. The van der Waals surface area contributed by atoms with Crippen molar-refractivity contribution < 1.29 is 8.42 Å². The van der Waals surface area contributed by atoms with Crippen molar-refractivity contribution in [2.24, 2.45) is 0 Å². The van der Waals surface area contributed by atoms with Crippen LogP contribution in [-0.4, -0.2) is 13.4 Å². The monoisotopic (exact) mass is 247 g/mol. The molecular formula is C13H13NO2S. The Morgan fingerprint density at radius 3 is 2.18 bits per heavy atom. The van der Waals surface area contributed by atoms with Gasteiger partial charge in [-0.25, -0.2) is 8.42 Å². The molecule has 1 aromatic heterocycles. The Hall–Kier alpha value is -1.68. The second-order valence-electron chi connectivity index (χ2n) is 3.93. The molecule has 0 atom stereocenters. The first kappa shape index (κ1) is 11.8. The summed E-state index contributed by atoms with van der Waals surface area (Å²) in [5.74, 6) is 0.0251. The van der Waals surface area contributed by atoms with E-state index < -0.39 is 9.84 Å². The highest BCUT2D eigenvalue weighted by molar-refractivity contribution is 7.90. The molecule has 0 saturated carbocycles.